The van der Waals surface area contributed by atoms with Crippen molar-refractivity contribution in [1.29, 1.82) is 0 Å². The molecule has 0 saturated carbocycles. The van der Waals surface area contributed by atoms with Gasteiger partial charge in [-0.25, -0.2) is 8.42 Å². The van der Waals surface area contributed by atoms with E-state index in [1.165, 1.54) is 16.4 Å². The van der Waals surface area contributed by atoms with Crippen molar-refractivity contribution in [3.63, 3.8) is 0 Å². The van der Waals surface area contributed by atoms with Gasteiger partial charge in [-0.05, 0) is 71.6 Å². The lowest BCUT2D eigenvalue weighted by molar-refractivity contribution is 0.585. The SMILES string of the molecule is CCc1cc(Cl)ccc1N(C(c1ccccc1)c1cccnc1)S(=O)(=O)c1ccc(Cl)cc1. The molecule has 3 aromatic carbocycles. The van der Waals surface area contributed by atoms with Crippen molar-refractivity contribution >= 4 is 38.9 Å². The summed E-state index contributed by atoms with van der Waals surface area (Å²) in [5.41, 5.74) is 2.96. The van der Waals surface area contributed by atoms with Gasteiger partial charge < -0.3 is 0 Å². The van der Waals surface area contributed by atoms with Gasteiger partial charge >= 0.3 is 0 Å². The van der Waals surface area contributed by atoms with Crippen LogP contribution in [-0.4, -0.2) is 13.4 Å². The summed E-state index contributed by atoms with van der Waals surface area (Å²) in [5, 5.41) is 1.02. The second kappa shape index (κ2) is 9.96. The van der Waals surface area contributed by atoms with E-state index in [0.717, 1.165) is 16.7 Å². The zero-order chi connectivity index (χ0) is 23.4. The van der Waals surface area contributed by atoms with Crippen LogP contribution in [0.2, 0.25) is 10.0 Å². The van der Waals surface area contributed by atoms with Crippen LogP contribution in [0.3, 0.4) is 0 Å². The molecule has 4 aromatic rings. The largest absolute Gasteiger partial charge is 0.265 e. The van der Waals surface area contributed by atoms with Gasteiger partial charge in [0.25, 0.3) is 10.0 Å². The summed E-state index contributed by atoms with van der Waals surface area (Å²) in [5.74, 6) is 0. The second-order valence-electron chi connectivity index (χ2n) is 7.48. The fourth-order valence-electron chi connectivity index (χ4n) is 3.82. The molecule has 4 nitrogen and oxygen atoms in total. The lowest BCUT2D eigenvalue weighted by Gasteiger charge is -2.35. The first-order chi connectivity index (χ1) is 15.9. The topological polar surface area (TPSA) is 50.3 Å². The Labute approximate surface area is 204 Å². The van der Waals surface area contributed by atoms with E-state index in [2.05, 4.69) is 4.98 Å². The Morgan fingerprint density at radius 2 is 1.52 bits per heavy atom. The monoisotopic (exact) mass is 496 g/mol. The standard InChI is InChI=1S/C26H22Cl2N2O2S/c1-2-19-17-23(28)12-15-25(19)30(33(31,32)24-13-10-22(27)11-14-24)26(20-7-4-3-5-8-20)21-9-6-16-29-18-21/h3-18,26H,2H2,1H3. The third kappa shape index (κ3) is 4.91. The fraction of sp³-hybridized carbons (Fsp3) is 0.115. The third-order valence-corrected chi connectivity index (χ3v) is 7.66. The van der Waals surface area contributed by atoms with Gasteiger partial charge in [-0.15, -0.1) is 0 Å². The first kappa shape index (κ1) is 23.3. The Morgan fingerprint density at radius 3 is 2.15 bits per heavy atom. The van der Waals surface area contributed by atoms with Crippen LogP contribution >= 0.6 is 23.2 Å². The van der Waals surface area contributed by atoms with Crippen LogP contribution in [0.5, 0.6) is 0 Å². The lowest BCUT2D eigenvalue weighted by Crippen LogP contribution is -2.36. The number of sulfonamides is 1. The number of hydrogen-bond acceptors (Lipinski definition) is 3. The van der Waals surface area contributed by atoms with E-state index in [4.69, 9.17) is 23.2 Å². The summed E-state index contributed by atoms with van der Waals surface area (Å²) >= 11 is 12.3. The molecule has 0 aliphatic heterocycles. The van der Waals surface area contributed by atoms with Crippen molar-refractivity contribution in [2.45, 2.75) is 24.3 Å². The zero-order valence-corrected chi connectivity index (χ0v) is 20.2. The molecule has 0 saturated heterocycles. The molecular formula is C26H22Cl2N2O2S. The predicted octanol–water partition coefficient (Wildman–Crippen LogP) is 6.94. The summed E-state index contributed by atoms with van der Waals surface area (Å²) in [7, 11) is -4.01. The van der Waals surface area contributed by atoms with Gasteiger partial charge in [0.1, 0.15) is 0 Å². The molecule has 7 heteroatoms. The highest BCUT2D eigenvalue weighted by molar-refractivity contribution is 7.92. The number of anilines is 1. The van der Waals surface area contributed by atoms with Crippen LogP contribution in [-0.2, 0) is 16.4 Å². The van der Waals surface area contributed by atoms with Crippen LogP contribution in [0.1, 0.15) is 29.7 Å². The van der Waals surface area contributed by atoms with E-state index >= 15 is 0 Å². The van der Waals surface area contributed by atoms with Crippen molar-refractivity contribution < 1.29 is 8.42 Å². The molecule has 0 fully saturated rings. The van der Waals surface area contributed by atoms with Gasteiger partial charge in [-0.2, -0.15) is 0 Å². The van der Waals surface area contributed by atoms with Crippen LogP contribution in [0.4, 0.5) is 5.69 Å². The second-order valence-corrected chi connectivity index (χ2v) is 10.2. The molecule has 4 rings (SSSR count). The predicted molar refractivity (Wildman–Crippen MR) is 134 cm³/mol. The number of halogens is 2. The molecule has 168 valence electrons. The third-order valence-electron chi connectivity index (χ3n) is 5.38. The van der Waals surface area contributed by atoms with Crippen LogP contribution in [0, 0.1) is 0 Å². The van der Waals surface area contributed by atoms with Gasteiger partial charge in [-0.3, -0.25) is 9.29 Å². The average Bonchev–Trinajstić information content (AvgIpc) is 2.84. The van der Waals surface area contributed by atoms with Crippen molar-refractivity contribution in [1.82, 2.24) is 4.98 Å². The number of aromatic nitrogens is 1. The summed E-state index contributed by atoms with van der Waals surface area (Å²) < 4.78 is 29.9. The van der Waals surface area contributed by atoms with Crippen LogP contribution in [0.25, 0.3) is 0 Å². The van der Waals surface area contributed by atoms with Crippen molar-refractivity contribution in [3.8, 4) is 0 Å². The molecular weight excluding hydrogens is 475 g/mol. The number of rotatable bonds is 7. The number of nitrogens with zero attached hydrogens (tertiary/aromatic N) is 2. The first-order valence-corrected chi connectivity index (χ1v) is 12.6. The van der Waals surface area contributed by atoms with E-state index in [1.807, 2.05) is 49.4 Å². The summed E-state index contributed by atoms with van der Waals surface area (Å²) in [6.07, 6.45) is 3.98. The molecule has 0 bridgehead atoms. The van der Waals surface area contributed by atoms with Gasteiger partial charge in [-0.1, -0.05) is 66.5 Å². The Morgan fingerprint density at radius 1 is 0.848 bits per heavy atom. The Kier molecular flexibility index (Phi) is 7.03. The first-order valence-electron chi connectivity index (χ1n) is 10.4. The molecule has 0 aliphatic rings. The highest BCUT2D eigenvalue weighted by Crippen LogP contribution is 2.40. The maximum absolute atomic E-state index is 14.2. The van der Waals surface area contributed by atoms with E-state index < -0.39 is 16.1 Å². The number of benzene rings is 3. The van der Waals surface area contributed by atoms with Crippen molar-refractivity contribution in [2.24, 2.45) is 0 Å². The van der Waals surface area contributed by atoms with E-state index in [-0.39, 0.29) is 4.90 Å². The molecule has 0 N–H and O–H groups in total. The minimum atomic E-state index is -4.01. The molecule has 0 radical (unpaired) electrons. The molecule has 0 amide bonds. The molecule has 33 heavy (non-hydrogen) atoms. The molecule has 1 heterocycles. The van der Waals surface area contributed by atoms with E-state index in [0.29, 0.717) is 22.2 Å². The summed E-state index contributed by atoms with van der Waals surface area (Å²) in [6.45, 7) is 1.98. The van der Waals surface area contributed by atoms with Crippen LogP contribution in [0.15, 0.2) is 102 Å². The normalized spacial score (nSPS) is 12.3. The quantitative estimate of drug-likeness (QED) is 0.278. The molecule has 1 aromatic heterocycles. The Balaban J connectivity index is 2.03. The highest BCUT2D eigenvalue weighted by atomic mass is 35.5. The van der Waals surface area contributed by atoms with E-state index in [1.54, 1.807) is 42.7 Å². The van der Waals surface area contributed by atoms with Gasteiger partial charge in [0, 0.05) is 22.4 Å². The Bertz CT molecular complexity index is 1290. The van der Waals surface area contributed by atoms with Crippen molar-refractivity contribution in [2.75, 3.05) is 4.31 Å². The molecule has 1 atom stereocenters. The number of hydrogen-bond donors (Lipinski definition) is 0. The van der Waals surface area contributed by atoms with Gasteiger partial charge in [0.2, 0.25) is 0 Å². The van der Waals surface area contributed by atoms with Gasteiger partial charge in [0.15, 0.2) is 0 Å². The highest BCUT2D eigenvalue weighted by Gasteiger charge is 2.35. The van der Waals surface area contributed by atoms with Crippen molar-refractivity contribution in [3.05, 3.63) is 124 Å². The minimum Gasteiger partial charge on any atom is -0.264 e. The fourth-order valence-corrected chi connectivity index (χ4v) is 5.80. The summed E-state index contributed by atoms with van der Waals surface area (Å²) in [6, 6.07) is 24.1. The van der Waals surface area contributed by atoms with Gasteiger partial charge in [0.05, 0.1) is 16.6 Å². The smallest absolute Gasteiger partial charge is 0.264 e. The molecule has 1 unspecified atom stereocenters. The van der Waals surface area contributed by atoms with E-state index in [9.17, 15) is 8.42 Å². The molecule has 0 spiro atoms. The number of aryl methyl sites for hydroxylation is 1. The lowest BCUT2D eigenvalue weighted by atomic mass is 9.99. The Hall–Kier alpha value is -2.86. The minimum absolute atomic E-state index is 0.147. The molecule has 0 aliphatic carbocycles. The summed E-state index contributed by atoms with van der Waals surface area (Å²) in [4.78, 5) is 4.42. The van der Waals surface area contributed by atoms with Crippen LogP contribution < -0.4 is 4.31 Å². The average molecular weight is 497 g/mol. The zero-order valence-electron chi connectivity index (χ0n) is 17.9. The number of pyridine rings is 1. The maximum Gasteiger partial charge on any atom is 0.265 e. The maximum atomic E-state index is 14.2.